The third-order valence-corrected chi connectivity index (χ3v) is 2.37. The van der Waals surface area contributed by atoms with E-state index in [1.54, 1.807) is 6.07 Å². The van der Waals surface area contributed by atoms with E-state index in [-0.39, 0.29) is 11.3 Å². The van der Waals surface area contributed by atoms with Gasteiger partial charge in [0, 0.05) is 20.2 Å². The van der Waals surface area contributed by atoms with E-state index in [0.29, 0.717) is 4.47 Å². The average Bonchev–Trinajstić information content (AvgIpc) is 1.82. The fraction of sp³-hybridized carbons (Fsp3) is 0. The summed E-state index contributed by atoms with van der Waals surface area (Å²) in [5, 5.41) is 10.5. The minimum Gasteiger partial charge on any atom is -0.545 e. The molecule has 0 fully saturated rings. The van der Waals surface area contributed by atoms with Crippen molar-refractivity contribution in [2.24, 2.45) is 0 Å². The van der Waals surface area contributed by atoms with Gasteiger partial charge >= 0.3 is 0 Å². The van der Waals surface area contributed by atoms with Crippen LogP contribution in [0.5, 0.6) is 0 Å². The van der Waals surface area contributed by atoms with Crippen molar-refractivity contribution in [3.63, 3.8) is 0 Å². The van der Waals surface area contributed by atoms with Crippen LogP contribution in [0.2, 0.25) is 0 Å². The number of hydrogen-bond donors (Lipinski definition) is 1. The van der Waals surface area contributed by atoms with Gasteiger partial charge in [-0.3, -0.25) is 0 Å². The molecule has 0 heterocycles. The number of benzene rings is 1. The molecule has 1 aromatic carbocycles. The summed E-state index contributed by atoms with van der Waals surface area (Å²) in [5.74, 6) is -1.29. The summed E-state index contributed by atoms with van der Waals surface area (Å²) in [4.78, 5) is 10.5. The molecule has 0 amide bonds. The number of anilines is 1. The largest absolute Gasteiger partial charge is 0.545 e. The summed E-state index contributed by atoms with van der Waals surface area (Å²) < 4.78 is 1.13. The highest BCUT2D eigenvalue weighted by molar-refractivity contribution is 9.11. The third-order valence-electron chi connectivity index (χ3n) is 1.29. The SMILES string of the molecule is Nc1cc(Br)cc(Br)c1C(=O)[O-]. The van der Waals surface area contributed by atoms with Crippen molar-refractivity contribution in [3.05, 3.63) is 26.6 Å². The number of carboxylic acids is 1. The lowest BCUT2D eigenvalue weighted by Crippen LogP contribution is -2.24. The molecule has 0 spiro atoms. The number of carboxylic acid groups (broad SMARTS) is 1. The highest BCUT2D eigenvalue weighted by Gasteiger charge is 2.06. The van der Waals surface area contributed by atoms with Gasteiger partial charge in [0.15, 0.2) is 0 Å². The van der Waals surface area contributed by atoms with E-state index in [9.17, 15) is 9.90 Å². The van der Waals surface area contributed by atoms with E-state index in [1.807, 2.05) is 0 Å². The molecule has 0 aliphatic heterocycles. The molecule has 0 radical (unpaired) electrons. The van der Waals surface area contributed by atoms with E-state index >= 15 is 0 Å². The Kier molecular flexibility index (Phi) is 2.74. The minimum atomic E-state index is -1.29. The number of nitrogens with two attached hydrogens (primary N) is 1. The van der Waals surface area contributed by atoms with Crippen molar-refractivity contribution in [2.45, 2.75) is 0 Å². The number of hydrogen-bond acceptors (Lipinski definition) is 3. The number of rotatable bonds is 1. The van der Waals surface area contributed by atoms with Crippen LogP contribution in [0.1, 0.15) is 10.4 Å². The van der Waals surface area contributed by atoms with Gasteiger partial charge in [0.1, 0.15) is 0 Å². The van der Waals surface area contributed by atoms with Crippen molar-refractivity contribution in [2.75, 3.05) is 5.73 Å². The van der Waals surface area contributed by atoms with Gasteiger partial charge in [0.2, 0.25) is 0 Å². The fourth-order valence-electron chi connectivity index (χ4n) is 0.809. The van der Waals surface area contributed by atoms with E-state index in [1.165, 1.54) is 6.07 Å². The zero-order valence-electron chi connectivity index (χ0n) is 5.80. The van der Waals surface area contributed by atoms with Crippen molar-refractivity contribution in [1.82, 2.24) is 0 Å². The first-order valence-electron chi connectivity index (χ1n) is 2.98. The normalized spacial score (nSPS) is 9.83. The van der Waals surface area contributed by atoms with Crippen LogP contribution in [0.15, 0.2) is 21.1 Å². The van der Waals surface area contributed by atoms with Crippen molar-refractivity contribution in [3.8, 4) is 0 Å². The maximum Gasteiger partial charge on any atom is 0.0747 e. The summed E-state index contributed by atoms with van der Waals surface area (Å²) >= 11 is 6.24. The molecular weight excluding hydrogens is 290 g/mol. The van der Waals surface area contributed by atoms with Crippen LogP contribution in [0.4, 0.5) is 5.69 Å². The maximum atomic E-state index is 10.5. The molecule has 5 heteroatoms. The van der Waals surface area contributed by atoms with Crippen molar-refractivity contribution >= 4 is 43.5 Å². The van der Waals surface area contributed by atoms with Crippen molar-refractivity contribution in [1.29, 1.82) is 0 Å². The van der Waals surface area contributed by atoms with E-state index < -0.39 is 5.97 Å². The lowest BCUT2D eigenvalue weighted by atomic mass is 10.2. The highest BCUT2D eigenvalue weighted by Crippen LogP contribution is 2.26. The van der Waals surface area contributed by atoms with Gasteiger partial charge in [0.25, 0.3) is 0 Å². The molecule has 0 aliphatic rings. The highest BCUT2D eigenvalue weighted by atomic mass is 79.9. The van der Waals surface area contributed by atoms with Gasteiger partial charge in [0.05, 0.1) is 5.97 Å². The van der Waals surface area contributed by atoms with Crippen LogP contribution in [0.3, 0.4) is 0 Å². The summed E-state index contributed by atoms with van der Waals surface area (Å²) in [7, 11) is 0. The van der Waals surface area contributed by atoms with Crippen LogP contribution in [0, 0.1) is 0 Å². The summed E-state index contributed by atoms with van der Waals surface area (Å²) in [6.07, 6.45) is 0. The second kappa shape index (κ2) is 3.45. The Labute approximate surface area is 85.8 Å². The molecule has 0 aliphatic carbocycles. The number of nitrogen functional groups attached to an aromatic ring is 1. The Morgan fingerprint density at radius 1 is 1.42 bits per heavy atom. The average molecular weight is 294 g/mol. The van der Waals surface area contributed by atoms with Crippen molar-refractivity contribution < 1.29 is 9.90 Å². The predicted octanol–water partition coefficient (Wildman–Crippen LogP) is 1.16. The van der Waals surface area contributed by atoms with Crippen LogP contribution >= 0.6 is 31.9 Å². The molecule has 0 atom stereocenters. The summed E-state index contributed by atoms with van der Waals surface area (Å²) in [6.45, 7) is 0. The van der Waals surface area contributed by atoms with Gasteiger partial charge in [-0.25, -0.2) is 0 Å². The van der Waals surface area contributed by atoms with Gasteiger partial charge in [-0.15, -0.1) is 0 Å². The second-order valence-electron chi connectivity index (χ2n) is 2.14. The fourth-order valence-corrected chi connectivity index (χ4v) is 2.23. The van der Waals surface area contributed by atoms with Gasteiger partial charge in [-0.1, -0.05) is 15.9 Å². The standard InChI is InChI=1S/C7H5Br2NO2/c8-3-1-4(9)6(7(11)12)5(10)2-3/h1-2H,10H2,(H,11,12)/p-1. The Balaban J connectivity index is 3.38. The smallest absolute Gasteiger partial charge is 0.0747 e. The molecule has 1 rings (SSSR count). The Morgan fingerprint density at radius 2 is 2.00 bits per heavy atom. The summed E-state index contributed by atoms with van der Waals surface area (Å²) in [5.41, 5.74) is 5.60. The first kappa shape index (κ1) is 9.54. The van der Waals surface area contributed by atoms with Crippen LogP contribution in [-0.4, -0.2) is 5.97 Å². The molecule has 0 aromatic heterocycles. The molecule has 12 heavy (non-hydrogen) atoms. The molecule has 2 N–H and O–H groups in total. The molecule has 0 saturated heterocycles. The lowest BCUT2D eigenvalue weighted by Gasteiger charge is -2.09. The first-order chi connectivity index (χ1) is 5.52. The number of carbonyl (C=O) groups excluding carboxylic acids is 1. The van der Waals surface area contributed by atoms with Crippen LogP contribution in [0.25, 0.3) is 0 Å². The van der Waals surface area contributed by atoms with Gasteiger partial charge < -0.3 is 15.6 Å². The molecule has 0 saturated carbocycles. The minimum absolute atomic E-state index is 0.0156. The topological polar surface area (TPSA) is 66.2 Å². The second-order valence-corrected chi connectivity index (χ2v) is 3.91. The Hall–Kier alpha value is -0.550. The molecule has 3 nitrogen and oxygen atoms in total. The molecule has 1 aromatic rings. The van der Waals surface area contributed by atoms with Gasteiger partial charge in [-0.05, 0) is 28.1 Å². The molecule has 0 unspecified atom stereocenters. The number of aromatic carboxylic acids is 1. The van der Waals surface area contributed by atoms with Gasteiger partial charge in [-0.2, -0.15) is 0 Å². The quantitative estimate of drug-likeness (QED) is 0.790. The van der Waals surface area contributed by atoms with Crippen LogP contribution < -0.4 is 10.8 Å². The summed E-state index contributed by atoms with van der Waals surface area (Å²) in [6, 6.07) is 3.11. The predicted molar refractivity (Wildman–Crippen MR) is 50.6 cm³/mol. The lowest BCUT2D eigenvalue weighted by molar-refractivity contribution is -0.255. The zero-order chi connectivity index (χ0) is 9.30. The Morgan fingerprint density at radius 3 is 2.42 bits per heavy atom. The van der Waals surface area contributed by atoms with E-state index in [2.05, 4.69) is 31.9 Å². The van der Waals surface area contributed by atoms with E-state index in [4.69, 9.17) is 5.73 Å². The zero-order valence-corrected chi connectivity index (χ0v) is 8.98. The first-order valence-corrected chi connectivity index (χ1v) is 4.57. The maximum absolute atomic E-state index is 10.5. The van der Waals surface area contributed by atoms with E-state index in [0.717, 1.165) is 4.47 Å². The molecule has 64 valence electrons. The third kappa shape index (κ3) is 1.78. The monoisotopic (exact) mass is 292 g/mol. The van der Waals surface area contributed by atoms with Crippen LogP contribution in [-0.2, 0) is 0 Å². The molecular formula is C7H4Br2NO2-. The number of carbonyl (C=O) groups is 1. The molecule has 0 bridgehead atoms. The number of halogens is 2. The Bertz CT molecular complexity index is 315.